The highest BCUT2D eigenvalue weighted by molar-refractivity contribution is 5.87. The molecule has 0 radical (unpaired) electrons. The van der Waals surface area contributed by atoms with Crippen LogP contribution in [0.3, 0.4) is 0 Å². The minimum absolute atomic E-state index is 0.0914. The van der Waals surface area contributed by atoms with Crippen molar-refractivity contribution in [3.63, 3.8) is 0 Å². The highest BCUT2D eigenvalue weighted by Gasteiger charge is 2.31. The van der Waals surface area contributed by atoms with Gasteiger partial charge in [0.2, 0.25) is 0 Å². The van der Waals surface area contributed by atoms with Crippen LogP contribution in [-0.2, 0) is 30.0 Å². The zero-order valence-corrected chi connectivity index (χ0v) is 16.5. The predicted octanol–water partition coefficient (Wildman–Crippen LogP) is 2.52. The Kier molecular flexibility index (Phi) is 8.19. The van der Waals surface area contributed by atoms with Gasteiger partial charge in [-0.05, 0) is 44.9 Å². The molecule has 162 valence electrons. The van der Waals surface area contributed by atoms with Crippen LogP contribution in [0.5, 0.6) is 0 Å². The van der Waals surface area contributed by atoms with E-state index in [2.05, 4.69) is 10.1 Å². The average molecular weight is 419 g/mol. The standard InChI is InChI=1S/C19H24F3NO6/c1-18(2,3)29-14(24)10-9-13(17(27)28-4)23-16(26)15(25)11-5-7-12(8-6-11)19(20,21)22/h5-8,13,15,25H,9-10H2,1-4H3,(H,23,26)/t13-,15+/m0/s1. The molecular formula is C19H24F3NO6. The van der Waals surface area contributed by atoms with E-state index in [1.54, 1.807) is 20.8 Å². The van der Waals surface area contributed by atoms with Gasteiger partial charge in [0.05, 0.1) is 12.7 Å². The molecule has 0 saturated heterocycles. The van der Waals surface area contributed by atoms with Gasteiger partial charge < -0.3 is 19.9 Å². The van der Waals surface area contributed by atoms with Gasteiger partial charge in [-0.3, -0.25) is 9.59 Å². The summed E-state index contributed by atoms with van der Waals surface area (Å²) >= 11 is 0. The van der Waals surface area contributed by atoms with Gasteiger partial charge in [-0.25, -0.2) is 4.79 Å². The second-order valence-corrected chi connectivity index (χ2v) is 7.23. The van der Waals surface area contributed by atoms with Crippen molar-refractivity contribution in [2.45, 2.75) is 57.5 Å². The maximum absolute atomic E-state index is 12.6. The van der Waals surface area contributed by atoms with Crippen LogP contribution < -0.4 is 5.32 Å². The van der Waals surface area contributed by atoms with Crippen molar-refractivity contribution in [1.82, 2.24) is 5.32 Å². The van der Waals surface area contributed by atoms with Gasteiger partial charge in [-0.1, -0.05) is 12.1 Å². The number of nitrogens with one attached hydrogen (secondary N) is 1. The van der Waals surface area contributed by atoms with Gasteiger partial charge in [-0.2, -0.15) is 13.2 Å². The number of aliphatic hydroxyl groups excluding tert-OH is 1. The zero-order chi connectivity index (χ0) is 22.4. The van der Waals surface area contributed by atoms with Crippen molar-refractivity contribution in [3.8, 4) is 0 Å². The Hall–Kier alpha value is -2.62. The van der Waals surface area contributed by atoms with Crippen LogP contribution in [0.2, 0.25) is 0 Å². The molecule has 1 rings (SSSR count). The summed E-state index contributed by atoms with van der Waals surface area (Å²) in [6.07, 6.45) is -6.71. The highest BCUT2D eigenvalue weighted by Crippen LogP contribution is 2.30. The summed E-state index contributed by atoms with van der Waals surface area (Å²) in [6, 6.07) is 2.13. The number of carbonyl (C=O) groups excluding carboxylic acids is 3. The van der Waals surface area contributed by atoms with Crippen LogP contribution in [0.4, 0.5) is 13.2 Å². The third kappa shape index (κ3) is 8.10. The van der Waals surface area contributed by atoms with Gasteiger partial charge in [0.25, 0.3) is 5.91 Å². The van der Waals surface area contributed by atoms with Crippen molar-refractivity contribution in [2.24, 2.45) is 0 Å². The van der Waals surface area contributed by atoms with Gasteiger partial charge >= 0.3 is 18.1 Å². The molecule has 0 spiro atoms. The minimum Gasteiger partial charge on any atom is -0.467 e. The van der Waals surface area contributed by atoms with Crippen LogP contribution in [-0.4, -0.2) is 41.7 Å². The second kappa shape index (κ2) is 9.73. The number of amides is 1. The maximum atomic E-state index is 12.6. The summed E-state index contributed by atoms with van der Waals surface area (Å²) in [5.74, 6) is -2.46. The van der Waals surface area contributed by atoms with E-state index in [0.29, 0.717) is 0 Å². The number of alkyl halides is 3. The molecule has 10 heteroatoms. The number of hydrogen-bond acceptors (Lipinski definition) is 6. The Bertz CT molecular complexity index is 725. The first-order valence-electron chi connectivity index (χ1n) is 8.70. The van der Waals surface area contributed by atoms with E-state index in [9.17, 15) is 32.7 Å². The van der Waals surface area contributed by atoms with Crippen LogP contribution in [0.25, 0.3) is 0 Å². The number of halogens is 3. The summed E-state index contributed by atoms with van der Waals surface area (Å²) in [4.78, 5) is 35.9. The summed E-state index contributed by atoms with van der Waals surface area (Å²) in [5.41, 5.74) is -1.75. The lowest BCUT2D eigenvalue weighted by molar-refractivity contribution is -0.155. The number of ether oxygens (including phenoxy) is 2. The molecule has 0 aliphatic rings. The second-order valence-electron chi connectivity index (χ2n) is 7.23. The molecule has 0 unspecified atom stereocenters. The van der Waals surface area contributed by atoms with E-state index in [4.69, 9.17) is 4.74 Å². The first kappa shape index (κ1) is 24.4. The topological polar surface area (TPSA) is 102 Å². The maximum Gasteiger partial charge on any atom is 0.416 e. The molecule has 0 saturated carbocycles. The summed E-state index contributed by atoms with van der Waals surface area (Å²) in [6.45, 7) is 5.01. The van der Waals surface area contributed by atoms with Gasteiger partial charge in [0, 0.05) is 6.42 Å². The summed E-state index contributed by atoms with van der Waals surface area (Å²) < 4.78 is 47.5. The van der Waals surface area contributed by atoms with Crippen LogP contribution in [0.15, 0.2) is 24.3 Å². The minimum atomic E-state index is -4.55. The molecule has 7 nitrogen and oxygen atoms in total. The molecule has 0 aliphatic heterocycles. The number of methoxy groups -OCH3 is 1. The van der Waals surface area contributed by atoms with Gasteiger partial charge in [-0.15, -0.1) is 0 Å². The van der Waals surface area contributed by atoms with Crippen molar-refractivity contribution < 1.29 is 42.1 Å². The Labute approximate surface area is 166 Å². The molecule has 1 aromatic carbocycles. The Balaban J connectivity index is 2.79. The van der Waals surface area contributed by atoms with E-state index in [-0.39, 0.29) is 18.4 Å². The summed E-state index contributed by atoms with van der Waals surface area (Å²) in [7, 11) is 1.08. The fraction of sp³-hybridized carbons (Fsp3) is 0.526. The van der Waals surface area contributed by atoms with E-state index >= 15 is 0 Å². The van der Waals surface area contributed by atoms with Gasteiger partial charge in [0.15, 0.2) is 6.10 Å². The molecule has 0 bridgehead atoms. The number of aliphatic hydroxyl groups is 1. The molecule has 2 N–H and O–H groups in total. The lowest BCUT2D eigenvalue weighted by Crippen LogP contribution is -2.44. The van der Waals surface area contributed by atoms with E-state index in [0.717, 1.165) is 31.4 Å². The third-order valence-electron chi connectivity index (χ3n) is 3.66. The Morgan fingerprint density at radius 2 is 1.66 bits per heavy atom. The Morgan fingerprint density at radius 3 is 2.10 bits per heavy atom. The normalized spacial score (nSPS) is 13.9. The SMILES string of the molecule is COC(=O)[C@H](CCC(=O)OC(C)(C)C)NC(=O)[C@H](O)c1ccc(C(F)(F)F)cc1. The molecular weight excluding hydrogens is 395 g/mol. The smallest absolute Gasteiger partial charge is 0.416 e. The number of benzene rings is 1. The molecule has 0 aliphatic carbocycles. The first-order valence-corrected chi connectivity index (χ1v) is 8.70. The van der Waals surface area contributed by atoms with Crippen LogP contribution in [0.1, 0.15) is 50.8 Å². The van der Waals surface area contributed by atoms with Crippen LogP contribution in [0, 0.1) is 0 Å². The third-order valence-corrected chi connectivity index (χ3v) is 3.66. The number of hydrogen-bond donors (Lipinski definition) is 2. The quantitative estimate of drug-likeness (QED) is 0.659. The number of rotatable bonds is 7. The summed E-state index contributed by atoms with van der Waals surface area (Å²) in [5, 5.41) is 12.3. The van der Waals surface area contributed by atoms with Crippen molar-refractivity contribution >= 4 is 17.8 Å². The zero-order valence-electron chi connectivity index (χ0n) is 16.5. The molecule has 0 heterocycles. The molecule has 2 atom stereocenters. The molecule has 1 aromatic rings. The van der Waals surface area contributed by atoms with Gasteiger partial charge in [0.1, 0.15) is 11.6 Å². The largest absolute Gasteiger partial charge is 0.467 e. The lowest BCUT2D eigenvalue weighted by atomic mass is 10.0. The van der Waals surface area contributed by atoms with Crippen LogP contribution >= 0.6 is 0 Å². The average Bonchev–Trinajstić information content (AvgIpc) is 2.61. The lowest BCUT2D eigenvalue weighted by Gasteiger charge is -2.21. The molecule has 0 fully saturated rings. The van der Waals surface area contributed by atoms with Crippen molar-refractivity contribution in [1.29, 1.82) is 0 Å². The molecule has 29 heavy (non-hydrogen) atoms. The number of carbonyl (C=O) groups is 3. The van der Waals surface area contributed by atoms with E-state index < -0.39 is 47.3 Å². The van der Waals surface area contributed by atoms with E-state index in [1.807, 2.05) is 0 Å². The van der Waals surface area contributed by atoms with Crippen molar-refractivity contribution in [2.75, 3.05) is 7.11 Å². The predicted molar refractivity (Wildman–Crippen MR) is 95.4 cm³/mol. The first-order chi connectivity index (χ1) is 13.2. The van der Waals surface area contributed by atoms with E-state index in [1.165, 1.54) is 0 Å². The fourth-order valence-electron chi connectivity index (χ4n) is 2.30. The molecule has 1 amide bonds. The number of esters is 2. The highest BCUT2D eigenvalue weighted by atomic mass is 19.4. The monoisotopic (exact) mass is 419 g/mol. The fourth-order valence-corrected chi connectivity index (χ4v) is 2.30. The Morgan fingerprint density at radius 1 is 1.10 bits per heavy atom. The molecule has 0 aromatic heterocycles. The van der Waals surface area contributed by atoms with Crippen molar-refractivity contribution in [3.05, 3.63) is 35.4 Å².